The second-order valence-electron chi connectivity index (χ2n) is 4.75. The van der Waals surface area contributed by atoms with Crippen LogP contribution in [-0.2, 0) is 9.59 Å². The maximum Gasteiger partial charge on any atom is 0.329 e. The molecule has 7 nitrogen and oxygen atoms in total. The maximum atomic E-state index is 11.9. The molecule has 0 heterocycles. The summed E-state index contributed by atoms with van der Waals surface area (Å²) in [5, 5.41) is 6.23. The van der Waals surface area contributed by atoms with Gasteiger partial charge in [0, 0.05) is 0 Å². The number of hydrazone groups is 1. The summed E-state index contributed by atoms with van der Waals surface area (Å²) in [5.74, 6) is -0.611. The van der Waals surface area contributed by atoms with E-state index in [9.17, 15) is 9.59 Å². The zero-order valence-electron chi connectivity index (χ0n) is 13.6. The van der Waals surface area contributed by atoms with Gasteiger partial charge in [-0.3, -0.25) is 9.59 Å². The van der Waals surface area contributed by atoms with E-state index in [-0.39, 0.29) is 0 Å². The summed E-state index contributed by atoms with van der Waals surface area (Å²) < 4.78 is 11.0. The van der Waals surface area contributed by atoms with Crippen molar-refractivity contribution in [3.63, 3.8) is 0 Å². The predicted octanol–water partition coefficient (Wildman–Crippen LogP) is 2.56. The molecule has 0 aromatic heterocycles. The van der Waals surface area contributed by atoms with Crippen LogP contribution in [0.25, 0.3) is 0 Å². The molecule has 0 saturated carbocycles. The lowest BCUT2D eigenvalue weighted by atomic mass is 10.2. The minimum Gasteiger partial charge on any atom is -0.496 e. The van der Waals surface area contributed by atoms with E-state index in [1.165, 1.54) is 13.3 Å². The molecule has 25 heavy (non-hydrogen) atoms. The van der Waals surface area contributed by atoms with Crippen LogP contribution in [0.2, 0.25) is 0 Å². The molecule has 2 N–H and O–H groups in total. The summed E-state index contributed by atoms with van der Waals surface area (Å²) in [7, 11) is 3.04. The Hall–Kier alpha value is -2.87. The maximum absolute atomic E-state index is 11.9. The number of halogens is 1. The zero-order chi connectivity index (χ0) is 18.2. The predicted molar refractivity (Wildman–Crippen MR) is 98.1 cm³/mol. The highest BCUT2D eigenvalue weighted by atomic mass is 79.9. The van der Waals surface area contributed by atoms with Crippen molar-refractivity contribution in [1.82, 2.24) is 5.43 Å². The molecule has 2 amide bonds. The Morgan fingerprint density at radius 3 is 2.44 bits per heavy atom. The number of rotatable bonds is 5. The smallest absolute Gasteiger partial charge is 0.329 e. The molecule has 0 saturated heterocycles. The summed E-state index contributed by atoms with van der Waals surface area (Å²) in [5.41, 5.74) is 3.28. The molecular weight excluding hydrogens is 390 g/mol. The van der Waals surface area contributed by atoms with Gasteiger partial charge in [-0.05, 0) is 51.8 Å². The number of hydrogen-bond donors (Lipinski definition) is 2. The topological polar surface area (TPSA) is 89.0 Å². The second kappa shape index (κ2) is 8.84. The van der Waals surface area contributed by atoms with Gasteiger partial charge in [0.25, 0.3) is 0 Å². The molecule has 0 unspecified atom stereocenters. The fraction of sp³-hybridized carbons (Fsp3) is 0.118. The number of carbonyl (C=O) groups is 2. The van der Waals surface area contributed by atoms with Crippen LogP contribution in [0.3, 0.4) is 0 Å². The van der Waals surface area contributed by atoms with Gasteiger partial charge >= 0.3 is 11.8 Å². The van der Waals surface area contributed by atoms with Gasteiger partial charge < -0.3 is 14.8 Å². The van der Waals surface area contributed by atoms with E-state index in [4.69, 9.17) is 9.47 Å². The largest absolute Gasteiger partial charge is 0.496 e. The lowest BCUT2D eigenvalue weighted by molar-refractivity contribution is -0.136. The fourth-order valence-corrected chi connectivity index (χ4v) is 2.46. The van der Waals surface area contributed by atoms with E-state index in [0.717, 1.165) is 10.0 Å². The summed E-state index contributed by atoms with van der Waals surface area (Å²) in [4.78, 5) is 23.7. The van der Waals surface area contributed by atoms with Gasteiger partial charge in [-0.15, -0.1) is 0 Å². The standard InChI is InChI=1S/C17H16BrN3O4/c1-24-14-8-7-11(9-12(14)18)10-19-21-17(23)16(22)20-13-5-3-4-6-15(13)25-2/h3-10H,1-2H3,(H,20,22)(H,21,23)/b19-10-. The molecule has 2 rings (SSSR count). The van der Waals surface area contributed by atoms with Crippen molar-refractivity contribution in [2.24, 2.45) is 5.10 Å². The molecule has 2 aromatic rings. The number of amides is 2. The molecule has 2 aromatic carbocycles. The minimum absolute atomic E-state index is 0.396. The first-order chi connectivity index (χ1) is 12.0. The lowest BCUT2D eigenvalue weighted by Crippen LogP contribution is -2.32. The first-order valence-electron chi connectivity index (χ1n) is 7.16. The molecule has 130 valence electrons. The number of nitrogens with zero attached hydrogens (tertiary/aromatic N) is 1. The average molecular weight is 406 g/mol. The number of methoxy groups -OCH3 is 2. The highest BCUT2D eigenvalue weighted by Crippen LogP contribution is 2.25. The van der Waals surface area contributed by atoms with Gasteiger partial charge in [-0.1, -0.05) is 12.1 Å². The van der Waals surface area contributed by atoms with Gasteiger partial charge in [0.05, 0.1) is 30.6 Å². The van der Waals surface area contributed by atoms with Gasteiger partial charge in [0.1, 0.15) is 11.5 Å². The van der Waals surface area contributed by atoms with E-state index in [1.54, 1.807) is 49.6 Å². The van der Waals surface area contributed by atoms with Crippen molar-refractivity contribution in [1.29, 1.82) is 0 Å². The Balaban J connectivity index is 1.95. The van der Waals surface area contributed by atoms with Gasteiger partial charge in [-0.2, -0.15) is 5.10 Å². The van der Waals surface area contributed by atoms with E-state index < -0.39 is 11.8 Å². The fourth-order valence-electron chi connectivity index (χ4n) is 1.91. The monoisotopic (exact) mass is 405 g/mol. The van der Waals surface area contributed by atoms with E-state index in [0.29, 0.717) is 17.2 Å². The lowest BCUT2D eigenvalue weighted by Gasteiger charge is -2.08. The van der Waals surface area contributed by atoms with Crippen LogP contribution in [0.1, 0.15) is 5.56 Å². The van der Waals surface area contributed by atoms with Gasteiger partial charge in [0.15, 0.2) is 0 Å². The molecular formula is C17H16BrN3O4. The highest BCUT2D eigenvalue weighted by molar-refractivity contribution is 9.10. The van der Waals surface area contributed by atoms with Gasteiger partial charge in [0.2, 0.25) is 0 Å². The Morgan fingerprint density at radius 1 is 1.04 bits per heavy atom. The van der Waals surface area contributed by atoms with Crippen molar-refractivity contribution < 1.29 is 19.1 Å². The number of carbonyl (C=O) groups excluding carboxylic acids is 2. The highest BCUT2D eigenvalue weighted by Gasteiger charge is 2.14. The van der Waals surface area contributed by atoms with Crippen LogP contribution in [-0.4, -0.2) is 32.2 Å². The molecule has 0 aliphatic heterocycles. The number of anilines is 1. The summed E-state index contributed by atoms with van der Waals surface area (Å²) in [6, 6.07) is 12.1. The van der Waals surface area contributed by atoms with Crippen LogP contribution in [0.15, 0.2) is 52.0 Å². The Bertz CT molecular complexity index is 808. The number of hydrogen-bond acceptors (Lipinski definition) is 5. The van der Waals surface area contributed by atoms with Crippen LogP contribution in [0, 0.1) is 0 Å². The number of benzene rings is 2. The average Bonchev–Trinajstić information content (AvgIpc) is 2.62. The SMILES string of the molecule is COc1ccc(/C=N\NC(=O)C(=O)Nc2ccccc2OC)cc1Br. The molecule has 0 aliphatic rings. The zero-order valence-corrected chi connectivity index (χ0v) is 15.2. The minimum atomic E-state index is -0.894. The van der Waals surface area contributed by atoms with Crippen molar-refractivity contribution in [2.45, 2.75) is 0 Å². The van der Waals surface area contributed by atoms with E-state index in [2.05, 4.69) is 31.8 Å². The third-order valence-electron chi connectivity index (χ3n) is 3.12. The van der Waals surface area contributed by atoms with Crippen LogP contribution >= 0.6 is 15.9 Å². The van der Waals surface area contributed by atoms with Gasteiger partial charge in [-0.25, -0.2) is 5.43 Å². The van der Waals surface area contributed by atoms with Crippen molar-refractivity contribution >= 4 is 39.6 Å². The summed E-state index contributed by atoms with van der Waals surface area (Å²) in [6.45, 7) is 0. The number of nitrogens with one attached hydrogen (secondary N) is 2. The quantitative estimate of drug-likeness (QED) is 0.454. The summed E-state index contributed by atoms with van der Waals surface area (Å²) >= 11 is 3.35. The molecule has 0 aliphatic carbocycles. The first kappa shape index (κ1) is 18.5. The molecule has 0 atom stereocenters. The Morgan fingerprint density at radius 2 is 1.76 bits per heavy atom. The normalized spacial score (nSPS) is 10.4. The molecule has 0 fully saturated rings. The Labute approximate surface area is 153 Å². The third kappa shape index (κ3) is 5.05. The third-order valence-corrected chi connectivity index (χ3v) is 3.74. The van der Waals surface area contributed by atoms with E-state index >= 15 is 0 Å². The molecule has 0 bridgehead atoms. The number of para-hydroxylation sites is 2. The van der Waals surface area contributed by atoms with Crippen LogP contribution < -0.4 is 20.2 Å². The Kier molecular flexibility index (Phi) is 6.53. The molecule has 8 heteroatoms. The van der Waals surface area contributed by atoms with E-state index in [1.807, 2.05) is 0 Å². The van der Waals surface area contributed by atoms with Crippen molar-refractivity contribution in [2.75, 3.05) is 19.5 Å². The second-order valence-corrected chi connectivity index (χ2v) is 5.60. The van der Waals surface area contributed by atoms with Crippen LogP contribution in [0.5, 0.6) is 11.5 Å². The first-order valence-corrected chi connectivity index (χ1v) is 7.95. The number of ether oxygens (including phenoxy) is 2. The van der Waals surface area contributed by atoms with Crippen molar-refractivity contribution in [3.05, 3.63) is 52.5 Å². The van der Waals surface area contributed by atoms with Crippen molar-refractivity contribution in [3.8, 4) is 11.5 Å². The summed E-state index contributed by atoms with van der Waals surface area (Å²) in [6.07, 6.45) is 1.42. The molecule has 0 radical (unpaired) electrons. The molecule has 0 spiro atoms. The van der Waals surface area contributed by atoms with Crippen LogP contribution in [0.4, 0.5) is 5.69 Å².